The van der Waals surface area contributed by atoms with Crippen LogP contribution in [0.15, 0.2) is 82.6 Å². The third kappa shape index (κ3) is 4.23. The van der Waals surface area contributed by atoms with E-state index in [1.165, 1.54) is 10.4 Å². The number of hydrogen-bond acceptors (Lipinski definition) is 4. The summed E-state index contributed by atoms with van der Waals surface area (Å²) in [5, 5.41) is 0. The number of sulfonamides is 2. The number of benzene rings is 3. The van der Waals surface area contributed by atoms with Crippen molar-refractivity contribution in [2.75, 3.05) is 4.31 Å². The van der Waals surface area contributed by atoms with Crippen molar-refractivity contribution in [1.82, 2.24) is 4.72 Å². The summed E-state index contributed by atoms with van der Waals surface area (Å²) < 4.78 is 56.1. The van der Waals surface area contributed by atoms with Crippen LogP contribution in [0, 0.1) is 6.92 Å². The summed E-state index contributed by atoms with van der Waals surface area (Å²) in [6.45, 7) is 3.91. The van der Waals surface area contributed by atoms with Crippen molar-refractivity contribution in [3.8, 4) is 0 Å². The zero-order chi connectivity index (χ0) is 22.2. The topological polar surface area (TPSA) is 83.6 Å². The fraction of sp³-hybridized carbons (Fsp3) is 0.217. The van der Waals surface area contributed by atoms with E-state index in [1.807, 2.05) is 44.2 Å². The molecule has 1 heterocycles. The maximum Gasteiger partial charge on any atom is 0.264 e. The van der Waals surface area contributed by atoms with Gasteiger partial charge in [0.1, 0.15) is 0 Å². The molecule has 6 nitrogen and oxygen atoms in total. The molecule has 31 heavy (non-hydrogen) atoms. The molecule has 1 aliphatic rings. The van der Waals surface area contributed by atoms with Crippen LogP contribution in [-0.4, -0.2) is 22.9 Å². The highest BCUT2D eigenvalue weighted by atomic mass is 32.2. The van der Waals surface area contributed by atoms with Crippen LogP contribution in [0.1, 0.15) is 23.6 Å². The zero-order valence-corrected chi connectivity index (χ0v) is 18.9. The molecule has 4 rings (SSSR count). The van der Waals surface area contributed by atoms with E-state index < -0.39 is 20.0 Å². The van der Waals surface area contributed by atoms with Crippen LogP contribution in [0.25, 0.3) is 0 Å². The van der Waals surface area contributed by atoms with Gasteiger partial charge in [0.2, 0.25) is 10.0 Å². The van der Waals surface area contributed by atoms with Gasteiger partial charge in [-0.05, 0) is 61.7 Å². The van der Waals surface area contributed by atoms with E-state index in [1.54, 1.807) is 36.4 Å². The van der Waals surface area contributed by atoms with Gasteiger partial charge in [-0.2, -0.15) is 0 Å². The average molecular weight is 457 g/mol. The Morgan fingerprint density at radius 2 is 1.55 bits per heavy atom. The monoisotopic (exact) mass is 456 g/mol. The third-order valence-electron chi connectivity index (χ3n) is 5.40. The minimum absolute atomic E-state index is 0.129. The molecule has 1 atom stereocenters. The summed E-state index contributed by atoms with van der Waals surface area (Å²) in [6.07, 6.45) is 0.447. The summed E-state index contributed by atoms with van der Waals surface area (Å²) in [5.41, 5.74) is 3.06. The van der Waals surface area contributed by atoms with Crippen LogP contribution < -0.4 is 9.03 Å². The summed E-state index contributed by atoms with van der Waals surface area (Å²) in [6, 6.07) is 20.3. The number of hydrogen-bond donors (Lipinski definition) is 1. The summed E-state index contributed by atoms with van der Waals surface area (Å²) in [5.74, 6) is 0. The first-order chi connectivity index (χ1) is 14.7. The molecule has 0 fully saturated rings. The molecule has 0 saturated heterocycles. The van der Waals surface area contributed by atoms with Gasteiger partial charge in [-0.3, -0.25) is 4.31 Å². The molecule has 0 radical (unpaired) electrons. The zero-order valence-electron chi connectivity index (χ0n) is 17.3. The second kappa shape index (κ2) is 8.11. The number of aryl methyl sites for hydroxylation is 1. The highest BCUT2D eigenvalue weighted by molar-refractivity contribution is 7.93. The van der Waals surface area contributed by atoms with Crippen molar-refractivity contribution < 1.29 is 16.8 Å². The minimum atomic E-state index is -3.74. The van der Waals surface area contributed by atoms with E-state index in [0.29, 0.717) is 17.7 Å². The van der Waals surface area contributed by atoms with Gasteiger partial charge in [-0.1, -0.05) is 48.0 Å². The first-order valence-electron chi connectivity index (χ1n) is 9.96. The van der Waals surface area contributed by atoms with Gasteiger partial charge < -0.3 is 0 Å². The molecule has 0 saturated carbocycles. The molecule has 8 heteroatoms. The number of anilines is 1. The SMILES string of the molecule is Cc1ccc(S(=O)(=O)N2c3ccc(S(=O)(=O)NCc4ccccc4)cc3C[C@@H]2C)cc1. The molecular weight excluding hydrogens is 432 g/mol. The molecular formula is C23H24N2O4S2. The second-order valence-corrected chi connectivity index (χ2v) is 11.3. The molecule has 0 aromatic heterocycles. The van der Waals surface area contributed by atoms with Crippen molar-refractivity contribution in [2.45, 2.75) is 42.6 Å². The fourth-order valence-corrected chi connectivity index (χ4v) is 6.55. The lowest BCUT2D eigenvalue weighted by atomic mass is 10.1. The number of nitrogens with one attached hydrogen (secondary N) is 1. The number of fused-ring (bicyclic) bond motifs is 1. The lowest BCUT2D eigenvalue weighted by Gasteiger charge is -2.24. The van der Waals surface area contributed by atoms with E-state index in [-0.39, 0.29) is 22.4 Å². The Kier molecular flexibility index (Phi) is 5.63. The predicted octanol–water partition coefficient (Wildman–Crippen LogP) is 3.61. The van der Waals surface area contributed by atoms with Crippen molar-refractivity contribution in [1.29, 1.82) is 0 Å². The quantitative estimate of drug-likeness (QED) is 0.614. The average Bonchev–Trinajstić information content (AvgIpc) is 3.09. The maximum atomic E-state index is 13.3. The summed E-state index contributed by atoms with van der Waals surface area (Å²) in [4.78, 5) is 0.350. The Balaban J connectivity index is 1.62. The first kappa shape index (κ1) is 21.5. The van der Waals surface area contributed by atoms with E-state index >= 15 is 0 Å². The van der Waals surface area contributed by atoms with Crippen LogP contribution in [0.3, 0.4) is 0 Å². The molecule has 0 spiro atoms. The van der Waals surface area contributed by atoms with Crippen molar-refractivity contribution in [3.63, 3.8) is 0 Å². The molecule has 3 aromatic carbocycles. The standard InChI is InChI=1S/C23H24N2O4S2/c1-17-8-10-21(11-9-17)31(28,29)25-18(2)14-20-15-22(12-13-23(20)25)30(26,27)24-16-19-6-4-3-5-7-19/h3-13,15,18,24H,14,16H2,1-2H3/t18-/m0/s1. The molecule has 0 amide bonds. The van der Waals surface area contributed by atoms with E-state index in [0.717, 1.165) is 11.1 Å². The van der Waals surface area contributed by atoms with Crippen LogP contribution >= 0.6 is 0 Å². The highest BCUT2D eigenvalue weighted by Crippen LogP contribution is 2.38. The van der Waals surface area contributed by atoms with Crippen LogP contribution in [0.5, 0.6) is 0 Å². The summed E-state index contributed by atoms with van der Waals surface area (Å²) in [7, 11) is -7.47. The van der Waals surface area contributed by atoms with Gasteiger partial charge in [0.15, 0.2) is 0 Å². The largest absolute Gasteiger partial charge is 0.264 e. The van der Waals surface area contributed by atoms with Gasteiger partial charge in [0, 0.05) is 12.6 Å². The van der Waals surface area contributed by atoms with Gasteiger partial charge in [-0.15, -0.1) is 0 Å². The Hall–Kier alpha value is -2.68. The van der Waals surface area contributed by atoms with Crippen molar-refractivity contribution >= 4 is 25.7 Å². The molecule has 162 valence electrons. The number of rotatable bonds is 6. The Morgan fingerprint density at radius 1 is 0.903 bits per heavy atom. The van der Waals surface area contributed by atoms with Crippen LogP contribution in [0.4, 0.5) is 5.69 Å². The molecule has 1 N–H and O–H groups in total. The van der Waals surface area contributed by atoms with E-state index in [2.05, 4.69) is 4.72 Å². The molecule has 0 aliphatic carbocycles. The minimum Gasteiger partial charge on any atom is -0.263 e. The Morgan fingerprint density at radius 3 is 2.23 bits per heavy atom. The second-order valence-electron chi connectivity index (χ2n) is 7.77. The van der Waals surface area contributed by atoms with Crippen molar-refractivity contribution in [2.24, 2.45) is 0 Å². The van der Waals surface area contributed by atoms with Gasteiger partial charge >= 0.3 is 0 Å². The van der Waals surface area contributed by atoms with Crippen LogP contribution in [-0.2, 0) is 33.0 Å². The highest BCUT2D eigenvalue weighted by Gasteiger charge is 2.36. The maximum absolute atomic E-state index is 13.3. The predicted molar refractivity (Wildman–Crippen MR) is 121 cm³/mol. The molecule has 0 bridgehead atoms. The smallest absolute Gasteiger partial charge is 0.263 e. The molecule has 3 aromatic rings. The lowest BCUT2D eigenvalue weighted by Crippen LogP contribution is -2.35. The Labute approximate surface area is 183 Å². The summed E-state index contributed by atoms with van der Waals surface area (Å²) >= 11 is 0. The third-order valence-corrected chi connectivity index (χ3v) is 8.74. The Bertz CT molecular complexity index is 1300. The van der Waals surface area contributed by atoms with Gasteiger partial charge in [0.05, 0.1) is 15.5 Å². The van der Waals surface area contributed by atoms with E-state index in [9.17, 15) is 16.8 Å². The van der Waals surface area contributed by atoms with Gasteiger partial charge in [0.25, 0.3) is 10.0 Å². The number of nitrogens with zero attached hydrogens (tertiary/aromatic N) is 1. The lowest BCUT2D eigenvalue weighted by molar-refractivity contribution is 0.580. The molecule has 0 unspecified atom stereocenters. The first-order valence-corrected chi connectivity index (χ1v) is 12.9. The van der Waals surface area contributed by atoms with Crippen LogP contribution in [0.2, 0.25) is 0 Å². The van der Waals surface area contributed by atoms with Crippen molar-refractivity contribution in [3.05, 3.63) is 89.5 Å². The van der Waals surface area contributed by atoms with Gasteiger partial charge in [-0.25, -0.2) is 21.6 Å². The normalized spacial score (nSPS) is 16.3. The van der Waals surface area contributed by atoms with E-state index in [4.69, 9.17) is 0 Å². The fourth-order valence-electron chi connectivity index (χ4n) is 3.79. The molecule has 1 aliphatic heterocycles.